The average molecular weight is 285 g/mol. The van der Waals surface area contributed by atoms with Crippen molar-refractivity contribution in [2.75, 3.05) is 0 Å². The molecule has 4 nitrogen and oxygen atoms in total. The number of fused-ring (bicyclic) bond motifs is 1. The van der Waals surface area contributed by atoms with Crippen molar-refractivity contribution < 1.29 is 4.52 Å². The van der Waals surface area contributed by atoms with E-state index in [1.54, 1.807) is 0 Å². The molecule has 0 spiro atoms. The van der Waals surface area contributed by atoms with Gasteiger partial charge in [-0.1, -0.05) is 45.8 Å². The van der Waals surface area contributed by atoms with Crippen LogP contribution in [0.5, 0.6) is 0 Å². The second kappa shape index (κ2) is 4.79. The molecule has 112 valence electrons. The van der Waals surface area contributed by atoms with E-state index in [-0.39, 0.29) is 11.6 Å². The van der Waals surface area contributed by atoms with E-state index in [1.807, 2.05) is 12.4 Å². The first-order valence-corrected chi connectivity index (χ1v) is 7.48. The van der Waals surface area contributed by atoms with E-state index in [0.717, 1.165) is 22.2 Å². The molecular weight excluding hydrogens is 262 g/mol. The van der Waals surface area contributed by atoms with Crippen molar-refractivity contribution in [3.05, 3.63) is 35.7 Å². The highest BCUT2D eigenvalue weighted by molar-refractivity contribution is 5.91. The molecule has 2 heterocycles. The van der Waals surface area contributed by atoms with Gasteiger partial charge in [0.25, 0.3) is 0 Å². The normalized spacial score (nSPS) is 18.8. The summed E-state index contributed by atoms with van der Waals surface area (Å²) >= 11 is 0. The summed E-state index contributed by atoms with van der Waals surface area (Å²) in [6.07, 6.45) is 4.07. The molecular formula is C17H23N3O. The molecule has 21 heavy (non-hydrogen) atoms. The lowest BCUT2D eigenvalue weighted by molar-refractivity contribution is 0.280. The van der Waals surface area contributed by atoms with Crippen molar-refractivity contribution in [2.24, 2.45) is 5.41 Å². The van der Waals surface area contributed by atoms with E-state index in [1.165, 1.54) is 5.56 Å². The minimum Gasteiger partial charge on any atom is -0.369 e. The predicted octanol–water partition coefficient (Wildman–Crippen LogP) is 3.81. The second-order valence-electron chi connectivity index (χ2n) is 7.09. The topological polar surface area (TPSA) is 50.1 Å². The molecule has 0 amide bonds. The van der Waals surface area contributed by atoms with E-state index in [9.17, 15) is 0 Å². The van der Waals surface area contributed by atoms with Crippen LogP contribution in [0.25, 0.3) is 16.7 Å². The van der Waals surface area contributed by atoms with E-state index in [2.05, 4.69) is 62.5 Å². The van der Waals surface area contributed by atoms with Gasteiger partial charge in [-0.25, -0.2) is 0 Å². The van der Waals surface area contributed by atoms with Crippen molar-refractivity contribution >= 4 is 16.7 Å². The summed E-state index contributed by atoms with van der Waals surface area (Å²) in [7, 11) is 0. The second-order valence-corrected chi connectivity index (χ2v) is 7.09. The standard InChI is InChI=1S/C17H23N3O/c1-10(2)11-6-7-12(15-13(11)8-19-21-15)14-9-18-16(20-14)17(3,4)5/h6-10,16,18,20H,1-5H3. The molecule has 1 aromatic heterocycles. The van der Waals surface area contributed by atoms with Crippen LogP contribution in [0.2, 0.25) is 0 Å². The first-order valence-electron chi connectivity index (χ1n) is 7.48. The Morgan fingerprint density at radius 1 is 1.24 bits per heavy atom. The van der Waals surface area contributed by atoms with E-state index in [0.29, 0.717) is 5.92 Å². The minimum atomic E-state index is 0.136. The highest BCUT2D eigenvalue weighted by atomic mass is 16.5. The fourth-order valence-electron chi connectivity index (χ4n) is 2.72. The minimum absolute atomic E-state index is 0.136. The third kappa shape index (κ3) is 2.39. The maximum atomic E-state index is 5.51. The van der Waals surface area contributed by atoms with Crippen LogP contribution in [0, 0.1) is 5.41 Å². The van der Waals surface area contributed by atoms with Crippen LogP contribution in [-0.4, -0.2) is 11.3 Å². The lowest BCUT2D eigenvalue weighted by Gasteiger charge is -2.28. The molecule has 0 radical (unpaired) electrons. The zero-order valence-electron chi connectivity index (χ0n) is 13.3. The van der Waals surface area contributed by atoms with Gasteiger partial charge in [-0.05, 0) is 17.5 Å². The largest absolute Gasteiger partial charge is 0.369 e. The Balaban J connectivity index is 2.00. The third-order valence-corrected chi connectivity index (χ3v) is 4.03. The van der Waals surface area contributed by atoms with Crippen molar-refractivity contribution in [1.29, 1.82) is 0 Å². The van der Waals surface area contributed by atoms with Crippen molar-refractivity contribution in [3.63, 3.8) is 0 Å². The molecule has 2 N–H and O–H groups in total. The van der Waals surface area contributed by atoms with Gasteiger partial charge in [0, 0.05) is 22.6 Å². The quantitative estimate of drug-likeness (QED) is 0.881. The Bertz CT molecular complexity index is 692. The van der Waals surface area contributed by atoms with Gasteiger partial charge < -0.3 is 15.2 Å². The van der Waals surface area contributed by atoms with Gasteiger partial charge in [0.1, 0.15) is 6.17 Å². The van der Waals surface area contributed by atoms with Gasteiger partial charge in [-0.2, -0.15) is 0 Å². The Kier molecular flexibility index (Phi) is 3.19. The SMILES string of the molecule is CC(C)c1ccc(C2=CNC(C(C)(C)C)N2)c2oncc12. The molecule has 0 bridgehead atoms. The summed E-state index contributed by atoms with van der Waals surface area (Å²) in [5, 5.41) is 12.0. The number of benzene rings is 1. The zero-order chi connectivity index (χ0) is 15.2. The van der Waals surface area contributed by atoms with Crippen LogP contribution >= 0.6 is 0 Å². The number of hydrogen-bond acceptors (Lipinski definition) is 4. The summed E-state index contributed by atoms with van der Waals surface area (Å²) in [6.45, 7) is 11.0. The molecule has 0 fully saturated rings. The molecule has 0 aliphatic carbocycles. The molecule has 3 rings (SSSR count). The molecule has 1 atom stereocenters. The van der Waals surface area contributed by atoms with Gasteiger partial charge in [0.2, 0.25) is 0 Å². The highest BCUT2D eigenvalue weighted by Gasteiger charge is 2.29. The van der Waals surface area contributed by atoms with E-state index in [4.69, 9.17) is 4.52 Å². The lowest BCUT2D eigenvalue weighted by Crippen LogP contribution is -2.43. The predicted molar refractivity (Wildman–Crippen MR) is 85.6 cm³/mol. The highest BCUT2D eigenvalue weighted by Crippen LogP contribution is 2.32. The third-order valence-electron chi connectivity index (χ3n) is 4.03. The average Bonchev–Trinajstić information content (AvgIpc) is 3.05. The molecule has 1 aliphatic heterocycles. The maximum Gasteiger partial charge on any atom is 0.176 e. The number of rotatable bonds is 2. The van der Waals surface area contributed by atoms with Crippen LogP contribution in [0.3, 0.4) is 0 Å². The molecule has 2 aromatic rings. The Morgan fingerprint density at radius 2 is 2.00 bits per heavy atom. The van der Waals surface area contributed by atoms with Gasteiger partial charge >= 0.3 is 0 Å². The first-order chi connectivity index (χ1) is 9.88. The zero-order valence-corrected chi connectivity index (χ0v) is 13.3. The van der Waals surface area contributed by atoms with Crippen LogP contribution in [0.4, 0.5) is 0 Å². The van der Waals surface area contributed by atoms with Crippen LogP contribution in [0.15, 0.2) is 29.1 Å². The van der Waals surface area contributed by atoms with E-state index < -0.39 is 0 Å². The smallest absolute Gasteiger partial charge is 0.176 e. The molecule has 1 aliphatic rings. The maximum absolute atomic E-state index is 5.51. The van der Waals surface area contributed by atoms with Crippen molar-refractivity contribution in [2.45, 2.75) is 46.7 Å². The first kappa shape index (κ1) is 14.0. The molecule has 0 saturated carbocycles. The Labute approximate surface area is 125 Å². The van der Waals surface area contributed by atoms with Crippen LogP contribution in [0.1, 0.15) is 51.7 Å². The molecule has 4 heteroatoms. The lowest BCUT2D eigenvalue weighted by atomic mass is 9.92. The number of aromatic nitrogens is 1. The monoisotopic (exact) mass is 285 g/mol. The number of nitrogens with zero attached hydrogens (tertiary/aromatic N) is 1. The van der Waals surface area contributed by atoms with Crippen molar-refractivity contribution in [3.8, 4) is 0 Å². The van der Waals surface area contributed by atoms with Gasteiger partial charge in [0.15, 0.2) is 5.58 Å². The van der Waals surface area contributed by atoms with Gasteiger partial charge in [0.05, 0.1) is 11.9 Å². The number of nitrogens with one attached hydrogen (secondary N) is 2. The molecule has 1 aromatic carbocycles. The summed E-state index contributed by atoms with van der Waals surface area (Å²) in [6, 6.07) is 4.29. The van der Waals surface area contributed by atoms with Crippen molar-refractivity contribution in [1.82, 2.24) is 15.8 Å². The summed E-state index contributed by atoms with van der Waals surface area (Å²) < 4.78 is 5.51. The summed E-state index contributed by atoms with van der Waals surface area (Å²) in [5.41, 5.74) is 4.39. The Morgan fingerprint density at radius 3 is 2.62 bits per heavy atom. The summed E-state index contributed by atoms with van der Waals surface area (Å²) in [4.78, 5) is 0. The van der Waals surface area contributed by atoms with Gasteiger partial charge in [-0.3, -0.25) is 0 Å². The fourth-order valence-corrected chi connectivity index (χ4v) is 2.72. The van der Waals surface area contributed by atoms with Gasteiger partial charge in [-0.15, -0.1) is 0 Å². The van der Waals surface area contributed by atoms with E-state index >= 15 is 0 Å². The molecule has 1 unspecified atom stereocenters. The summed E-state index contributed by atoms with van der Waals surface area (Å²) in [5.74, 6) is 0.451. The number of hydrogen-bond donors (Lipinski definition) is 2. The fraction of sp³-hybridized carbons (Fsp3) is 0.471. The van der Waals surface area contributed by atoms with Crippen LogP contribution in [-0.2, 0) is 0 Å². The van der Waals surface area contributed by atoms with Crippen LogP contribution < -0.4 is 10.6 Å². The Hall–Kier alpha value is -1.97. The molecule has 0 saturated heterocycles.